The maximum absolute atomic E-state index is 12.8. The zero-order chi connectivity index (χ0) is 17.3. The van der Waals surface area contributed by atoms with Crippen molar-refractivity contribution in [3.63, 3.8) is 0 Å². The second-order valence-corrected chi connectivity index (χ2v) is 7.93. The van der Waals surface area contributed by atoms with E-state index in [4.69, 9.17) is 0 Å². The van der Waals surface area contributed by atoms with E-state index in [1.54, 1.807) is 18.3 Å². The van der Waals surface area contributed by atoms with Crippen LogP contribution in [-0.2, 0) is 9.59 Å². The first-order valence-electron chi connectivity index (χ1n) is 8.55. The number of benzene rings is 1. The Hall–Kier alpha value is -2.40. The van der Waals surface area contributed by atoms with Crippen LogP contribution in [0.1, 0.15) is 20.3 Å². The Bertz CT molecular complexity index is 1010. The molecular weight excluding hydrogens is 332 g/mol. The summed E-state index contributed by atoms with van der Waals surface area (Å²) in [6.07, 6.45) is 0.473. The molecule has 5 heteroatoms. The minimum atomic E-state index is 0.0515. The second-order valence-electron chi connectivity index (χ2n) is 7.02. The Kier molecular flexibility index (Phi) is 3.01. The molecule has 5 heterocycles. The summed E-state index contributed by atoms with van der Waals surface area (Å²) in [6.45, 7) is 5.23. The summed E-state index contributed by atoms with van der Waals surface area (Å²) in [5.41, 5.74) is 4.76. The summed E-state index contributed by atoms with van der Waals surface area (Å²) in [6, 6.07) is 8.32. The molecule has 0 unspecified atom stereocenters. The molecule has 2 bridgehead atoms. The minimum Gasteiger partial charge on any atom is -0.337 e. The van der Waals surface area contributed by atoms with Gasteiger partial charge in [0.1, 0.15) is 0 Å². The van der Waals surface area contributed by atoms with Gasteiger partial charge in [-0.2, -0.15) is 0 Å². The first-order valence-corrected chi connectivity index (χ1v) is 9.43. The fourth-order valence-electron chi connectivity index (χ4n) is 4.29. The summed E-state index contributed by atoms with van der Waals surface area (Å²) >= 11 is 1.71. The molecule has 0 radical (unpaired) electrons. The Labute approximate surface area is 150 Å². The molecule has 6 rings (SSSR count). The van der Waals surface area contributed by atoms with Crippen molar-refractivity contribution in [1.82, 2.24) is 4.90 Å². The van der Waals surface area contributed by atoms with E-state index in [1.807, 2.05) is 24.0 Å². The van der Waals surface area contributed by atoms with Crippen molar-refractivity contribution in [1.29, 1.82) is 0 Å². The molecule has 25 heavy (non-hydrogen) atoms. The number of amides is 1. The number of ketones is 1. The molecule has 126 valence electrons. The van der Waals surface area contributed by atoms with Crippen LogP contribution in [0.15, 0.2) is 52.2 Å². The van der Waals surface area contributed by atoms with Crippen molar-refractivity contribution in [3.05, 3.63) is 52.2 Å². The molecule has 1 aromatic heterocycles. The minimum absolute atomic E-state index is 0.0515. The third-order valence-electron chi connectivity index (χ3n) is 5.62. The van der Waals surface area contributed by atoms with Gasteiger partial charge in [-0.25, -0.2) is 0 Å². The van der Waals surface area contributed by atoms with Crippen molar-refractivity contribution >= 4 is 38.8 Å². The van der Waals surface area contributed by atoms with Gasteiger partial charge in [0.25, 0.3) is 5.91 Å². The van der Waals surface area contributed by atoms with Crippen molar-refractivity contribution in [3.8, 4) is 0 Å². The number of anilines is 1. The van der Waals surface area contributed by atoms with Gasteiger partial charge in [0.05, 0.1) is 5.69 Å². The highest BCUT2D eigenvalue weighted by atomic mass is 32.1. The molecule has 0 N–H and O–H groups in total. The summed E-state index contributed by atoms with van der Waals surface area (Å²) in [5.74, 6) is 0.540. The zero-order valence-corrected chi connectivity index (χ0v) is 15.0. The number of carbonyl (C=O) groups excluding carboxylic acids is 2. The van der Waals surface area contributed by atoms with Crippen LogP contribution in [0, 0.1) is 5.92 Å². The lowest BCUT2D eigenvalue weighted by atomic mass is 9.79. The topological polar surface area (TPSA) is 40.6 Å². The third kappa shape index (κ3) is 1.93. The monoisotopic (exact) mass is 350 g/mol. The van der Waals surface area contributed by atoms with Gasteiger partial charge in [0.2, 0.25) is 0 Å². The first kappa shape index (κ1) is 14.9. The predicted octanol–water partition coefficient (Wildman–Crippen LogP) is 3.70. The maximum Gasteiger partial charge on any atom is 0.251 e. The van der Waals surface area contributed by atoms with Crippen molar-refractivity contribution < 1.29 is 9.59 Å². The average Bonchev–Trinajstić information content (AvgIpc) is 2.97. The molecule has 0 spiro atoms. The molecule has 0 aliphatic carbocycles. The van der Waals surface area contributed by atoms with Crippen LogP contribution in [0.3, 0.4) is 0 Å². The Morgan fingerprint density at radius 2 is 2.00 bits per heavy atom. The van der Waals surface area contributed by atoms with Gasteiger partial charge in [0.15, 0.2) is 5.78 Å². The van der Waals surface area contributed by atoms with Crippen LogP contribution in [0.25, 0.3) is 10.1 Å². The van der Waals surface area contributed by atoms with E-state index in [0.29, 0.717) is 12.3 Å². The molecule has 1 saturated heterocycles. The molecule has 0 saturated carbocycles. The summed E-state index contributed by atoms with van der Waals surface area (Å²) in [5, 5.41) is 3.33. The summed E-state index contributed by atoms with van der Waals surface area (Å²) < 4.78 is 1.22. The van der Waals surface area contributed by atoms with E-state index >= 15 is 0 Å². The number of thiophene rings is 1. The van der Waals surface area contributed by atoms with Gasteiger partial charge in [-0.3, -0.25) is 9.59 Å². The number of fused-ring (bicyclic) bond motifs is 1. The van der Waals surface area contributed by atoms with E-state index in [9.17, 15) is 9.59 Å². The lowest BCUT2D eigenvalue weighted by Crippen LogP contribution is -2.59. The van der Waals surface area contributed by atoms with Crippen LogP contribution in [0.4, 0.5) is 5.69 Å². The number of carbonyl (C=O) groups is 2. The van der Waals surface area contributed by atoms with Gasteiger partial charge >= 0.3 is 0 Å². The first-order chi connectivity index (χ1) is 12.1. The van der Waals surface area contributed by atoms with Gasteiger partial charge in [-0.05, 0) is 19.9 Å². The van der Waals surface area contributed by atoms with E-state index in [1.165, 1.54) is 10.1 Å². The van der Waals surface area contributed by atoms with Gasteiger partial charge in [-0.1, -0.05) is 18.2 Å². The smallest absolute Gasteiger partial charge is 0.251 e. The molecule has 4 aliphatic rings. The standard InChI is InChI=1S/C20H18N2O2S/c1-11-15(12(2)23)7-16-19(13-8-21(9-13)20(16)24)22(11)17-10-25-18-6-4-3-5-14(17)18/h3-6,10,13H,7-9H2,1-2H3. The number of rotatable bonds is 2. The van der Waals surface area contributed by atoms with Crippen LogP contribution in [0.2, 0.25) is 0 Å². The maximum atomic E-state index is 12.8. The van der Waals surface area contributed by atoms with E-state index in [2.05, 4.69) is 22.4 Å². The van der Waals surface area contributed by atoms with Gasteiger partial charge < -0.3 is 9.80 Å². The molecule has 0 atom stereocenters. The molecular formula is C20H18N2O2S. The van der Waals surface area contributed by atoms with Gasteiger partial charge in [-0.15, -0.1) is 11.3 Å². The lowest BCUT2D eigenvalue weighted by Gasteiger charge is -2.51. The number of allylic oxidation sites excluding steroid dienone is 2. The highest BCUT2D eigenvalue weighted by molar-refractivity contribution is 7.17. The molecule has 2 aromatic rings. The normalized spacial score (nSPS) is 20.3. The van der Waals surface area contributed by atoms with Crippen molar-refractivity contribution in [2.75, 3.05) is 18.0 Å². The fraction of sp³-hybridized carbons (Fsp3) is 0.300. The van der Waals surface area contributed by atoms with E-state index in [-0.39, 0.29) is 11.7 Å². The predicted molar refractivity (Wildman–Crippen MR) is 99.4 cm³/mol. The lowest BCUT2D eigenvalue weighted by molar-refractivity contribution is -0.134. The second kappa shape index (κ2) is 5.05. The molecule has 4 nitrogen and oxygen atoms in total. The zero-order valence-electron chi connectivity index (χ0n) is 14.2. The number of Topliss-reactive ketones (excluding diaryl/α,β-unsaturated/α-hetero) is 1. The third-order valence-corrected chi connectivity index (χ3v) is 6.57. The molecule has 1 fully saturated rings. The number of hydrogen-bond acceptors (Lipinski definition) is 4. The van der Waals surface area contributed by atoms with Crippen LogP contribution >= 0.6 is 11.3 Å². The van der Waals surface area contributed by atoms with Crippen LogP contribution in [-0.4, -0.2) is 29.7 Å². The van der Waals surface area contributed by atoms with Crippen LogP contribution < -0.4 is 4.90 Å². The van der Waals surface area contributed by atoms with Crippen molar-refractivity contribution in [2.45, 2.75) is 20.3 Å². The largest absolute Gasteiger partial charge is 0.337 e. The number of hydrogen-bond donors (Lipinski definition) is 0. The summed E-state index contributed by atoms with van der Waals surface area (Å²) in [7, 11) is 0. The number of nitrogens with zero attached hydrogens (tertiary/aromatic N) is 2. The van der Waals surface area contributed by atoms with E-state index < -0.39 is 0 Å². The Balaban J connectivity index is 1.77. The average molecular weight is 350 g/mol. The Morgan fingerprint density at radius 3 is 2.76 bits per heavy atom. The van der Waals surface area contributed by atoms with E-state index in [0.717, 1.165) is 41.3 Å². The van der Waals surface area contributed by atoms with Crippen LogP contribution in [0.5, 0.6) is 0 Å². The Morgan fingerprint density at radius 1 is 1.24 bits per heavy atom. The van der Waals surface area contributed by atoms with Gasteiger partial charge in [0, 0.05) is 63.4 Å². The molecule has 1 aromatic carbocycles. The molecule has 4 aliphatic heterocycles. The SMILES string of the molecule is CC(=O)C1=C(C)N(c2csc3ccccc23)C2=C(C1)C(=O)N1CC2C1. The summed E-state index contributed by atoms with van der Waals surface area (Å²) in [4.78, 5) is 29.1. The highest BCUT2D eigenvalue weighted by Crippen LogP contribution is 2.47. The quantitative estimate of drug-likeness (QED) is 0.829. The highest BCUT2D eigenvalue weighted by Gasteiger charge is 2.47. The van der Waals surface area contributed by atoms with Crippen molar-refractivity contribution in [2.24, 2.45) is 5.92 Å². The molecule has 1 amide bonds. The fourth-order valence-corrected chi connectivity index (χ4v) is 5.22.